The number of fused-ring (bicyclic) bond motifs is 1. The minimum atomic E-state index is -2.53. The Kier molecular flexibility index (Phi) is 4.49. The zero-order chi connectivity index (χ0) is 19.9. The molecule has 5 nitrogen and oxygen atoms in total. The first kappa shape index (κ1) is 18.3. The summed E-state index contributed by atoms with van der Waals surface area (Å²) in [6.07, 6.45) is 1.68. The van der Waals surface area contributed by atoms with E-state index in [0.29, 0.717) is 23.5 Å². The average molecular weight is 397 g/mol. The van der Waals surface area contributed by atoms with Crippen molar-refractivity contribution in [3.05, 3.63) is 77.6 Å². The lowest BCUT2D eigenvalue weighted by Gasteiger charge is -2.13. The standard InChI is InChI=1S/C21H20FN3O2S/c1-28(27)20-9-5-15(10-16(20)12-24-28)21(26)25-19-11-14(4-8-18(19)23)13-2-6-17(22)7-3-13/h2-11,28H,12,23H2,1H3,(H,24,27)(H,25,26). The number of hydrogen-bond acceptors (Lipinski definition) is 3. The summed E-state index contributed by atoms with van der Waals surface area (Å²) >= 11 is 0. The Morgan fingerprint density at radius 3 is 2.54 bits per heavy atom. The van der Waals surface area contributed by atoms with Gasteiger partial charge in [0.2, 0.25) is 0 Å². The first-order chi connectivity index (χ1) is 13.3. The van der Waals surface area contributed by atoms with Crippen LogP contribution in [0.3, 0.4) is 0 Å². The average Bonchev–Trinajstić information content (AvgIpc) is 2.98. The van der Waals surface area contributed by atoms with E-state index in [2.05, 4.69) is 10.0 Å². The highest BCUT2D eigenvalue weighted by Gasteiger charge is 2.23. The normalized spacial score (nSPS) is 15.6. The molecule has 0 aliphatic carbocycles. The monoisotopic (exact) mass is 397 g/mol. The molecular formula is C21H20FN3O2S. The van der Waals surface area contributed by atoms with Crippen molar-refractivity contribution >= 4 is 27.4 Å². The molecule has 0 atom stereocenters. The second-order valence-corrected chi connectivity index (χ2v) is 9.51. The van der Waals surface area contributed by atoms with E-state index in [-0.39, 0.29) is 11.7 Å². The van der Waals surface area contributed by atoms with E-state index in [1.807, 2.05) is 6.07 Å². The van der Waals surface area contributed by atoms with E-state index in [1.54, 1.807) is 48.7 Å². The lowest BCUT2D eigenvalue weighted by molar-refractivity contribution is 0.102. The molecule has 0 spiro atoms. The molecule has 3 aromatic carbocycles. The van der Waals surface area contributed by atoms with E-state index in [0.717, 1.165) is 21.6 Å². The number of amides is 1. The van der Waals surface area contributed by atoms with Crippen molar-refractivity contribution in [3.63, 3.8) is 0 Å². The van der Waals surface area contributed by atoms with Crippen LogP contribution in [0.15, 0.2) is 65.6 Å². The highest BCUT2D eigenvalue weighted by Crippen LogP contribution is 2.29. The van der Waals surface area contributed by atoms with E-state index in [1.165, 1.54) is 12.1 Å². The van der Waals surface area contributed by atoms with Gasteiger partial charge in [0.15, 0.2) is 0 Å². The number of benzene rings is 3. The van der Waals surface area contributed by atoms with Gasteiger partial charge in [0.25, 0.3) is 5.91 Å². The largest absolute Gasteiger partial charge is 0.397 e. The van der Waals surface area contributed by atoms with Crippen molar-refractivity contribution in [2.45, 2.75) is 11.4 Å². The van der Waals surface area contributed by atoms with E-state index in [4.69, 9.17) is 5.73 Å². The molecular weight excluding hydrogens is 377 g/mol. The number of anilines is 2. The lowest BCUT2D eigenvalue weighted by atomic mass is 10.0. The SMILES string of the molecule is C[SH]1(=O)NCc2cc(C(=O)Nc3cc(-c4ccc(F)cc4)ccc3N)ccc21. The smallest absolute Gasteiger partial charge is 0.255 e. The zero-order valence-electron chi connectivity index (χ0n) is 15.2. The molecule has 0 bridgehead atoms. The number of carbonyl (C=O) groups excluding carboxylic acids is 1. The van der Waals surface area contributed by atoms with Gasteiger partial charge in [-0.3, -0.25) is 13.7 Å². The number of nitrogens with two attached hydrogens (primary N) is 1. The van der Waals surface area contributed by atoms with Gasteiger partial charge in [-0.2, -0.15) is 0 Å². The second kappa shape index (κ2) is 6.85. The Morgan fingerprint density at radius 2 is 1.79 bits per heavy atom. The molecule has 1 aliphatic heterocycles. The first-order valence-corrected chi connectivity index (χ1v) is 10.9. The van der Waals surface area contributed by atoms with Crippen LogP contribution in [0.5, 0.6) is 0 Å². The number of halogens is 1. The van der Waals surface area contributed by atoms with Gasteiger partial charge >= 0.3 is 0 Å². The molecule has 7 heteroatoms. The molecule has 1 heterocycles. The first-order valence-electron chi connectivity index (χ1n) is 8.76. The summed E-state index contributed by atoms with van der Waals surface area (Å²) in [5.41, 5.74) is 9.90. The third kappa shape index (κ3) is 3.42. The highest BCUT2D eigenvalue weighted by atomic mass is 32.3. The molecule has 0 saturated carbocycles. The van der Waals surface area contributed by atoms with Crippen LogP contribution < -0.4 is 15.8 Å². The van der Waals surface area contributed by atoms with Gasteiger partial charge in [0.05, 0.1) is 11.4 Å². The second-order valence-electron chi connectivity index (χ2n) is 6.87. The summed E-state index contributed by atoms with van der Waals surface area (Å²) in [5, 5.41) is 2.83. The Labute approximate surface area is 163 Å². The van der Waals surface area contributed by atoms with Crippen molar-refractivity contribution in [2.24, 2.45) is 0 Å². The molecule has 3 aromatic rings. The van der Waals surface area contributed by atoms with Crippen LogP contribution >= 0.6 is 0 Å². The van der Waals surface area contributed by atoms with Crippen LogP contribution in [0.2, 0.25) is 0 Å². The molecule has 0 saturated heterocycles. The third-order valence-electron chi connectivity index (χ3n) is 4.85. The fraction of sp³-hybridized carbons (Fsp3) is 0.0952. The van der Waals surface area contributed by atoms with E-state index >= 15 is 0 Å². The quantitative estimate of drug-likeness (QED) is 0.404. The molecule has 0 unspecified atom stereocenters. The van der Waals surface area contributed by atoms with Crippen LogP contribution in [-0.2, 0) is 16.7 Å². The van der Waals surface area contributed by atoms with Gasteiger partial charge in [-0.05, 0) is 69.3 Å². The summed E-state index contributed by atoms with van der Waals surface area (Å²) in [6, 6.07) is 16.5. The predicted molar refractivity (Wildman–Crippen MR) is 111 cm³/mol. The molecule has 0 aromatic heterocycles. The maximum Gasteiger partial charge on any atom is 0.255 e. The highest BCUT2D eigenvalue weighted by molar-refractivity contribution is 8.00. The van der Waals surface area contributed by atoms with Gasteiger partial charge in [-0.25, -0.2) is 4.39 Å². The Hall–Kier alpha value is -3.03. The van der Waals surface area contributed by atoms with Gasteiger partial charge in [-0.15, -0.1) is 0 Å². The minimum absolute atomic E-state index is 0.302. The maximum absolute atomic E-state index is 13.1. The fourth-order valence-electron chi connectivity index (χ4n) is 3.29. The number of nitrogens with one attached hydrogen (secondary N) is 2. The minimum Gasteiger partial charge on any atom is -0.397 e. The zero-order valence-corrected chi connectivity index (χ0v) is 16.1. The van der Waals surface area contributed by atoms with Crippen LogP contribution in [0.25, 0.3) is 11.1 Å². The van der Waals surface area contributed by atoms with Crippen LogP contribution in [-0.4, -0.2) is 16.4 Å². The molecule has 4 N–H and O–H groups in total. The van der Waals surface area contributed by atoms with Crippen molar-refractivity contribution in [1.82, 2.24) is 4.72 Å². The van der Waals surface area contributed by atoms with E-state index in [9.17, 15) is 13.4 Å². The van der Waals surface area contributed by atoms with Crippen molar-refractivity contribution in [1.29, 1.82) is 0 Å². The number of carbonyl (C=O) groups is 1. The van der Waals surface area contributed by atoms with Gasteiger partial charge in [-0.1, -0.05) is 18.2 Å². The van der Waals surface area contributed by atoms with Gasteiger partial charge < -0.3 is 11.1 Å². The predicted octanol–water partition coefficient (Wildman–Crippen LogP) is 3.35. The van der Waals surface area contributed by atoms with Crippen LogP contribution in [0, 0.1) is 5.82 Å². The lowest BCUT2D eigenvalue weighted by Crippen LogP contribution is -2.21. The molecule has 4 rings (SSSR count). The Balaban J connectivity index is 1.61. The molecule has 144 valence electrons. The number of thiol groups is 1. The van der Waals surface area contributed by atoms with E-state index < -0.39 is 10.1 Å². The van der Waals surface area contributed by atoms with Gasteiger partial charge in [0.1, 0.15) is 5.82 Å². The summed E-state index contributed by atoms with van der Waals surface area (Å²) in [7, 11) is -2.53. The summed E-state index contributed by atoms with van der Waals surface area (Å²) in [6.45, 7) is 0.479. The number of nitrogen functional groups attached to an aromatic ring is 1. The van der Waals surface area contributed by atoms with Gasteiger partial charge in [0, 0.05) is 23.3 Å². The molecule has 0 fully saturated rings. The summed E-state index contributed by atoms with van der Waals surface area (Å²) in [5.74, 6) is -0.612. The fourth-order valence-corrected chi connectivity index (χ4v) is 4.98. The topological polar surface area (TPSA) is 84.2 Å². The molecule has 0 radical (unpaired) electrons. The molecule has 28 heavy (non-hydrogen) atoms. The Bertz CT molecular complexity index is 1130. The molecule has 1 aliphatic rings. The van der Waals surface area contributed by atoms with Crippen molar-refractivity contribution < 1.29 is 13.4 Å². The number of hydrogen-bond donors (Lipinski definition) is 4. The third-order valence-corrected chi connectivity index (χ3v) is 6.97. The van der Waals surface area contributed by atoms with Crippen LogP contribution in [0.4, 0.5) is 15.8 Å². The van der Waals surface area contributed by atoms with Crippen molar-refractivity contribution in [2.75, 3.05) is 17.3 Å². The van der Waals surface area contributed by atoms with Crippen molar-refractivity contribution in [3.8, 4) is 11.1 Å². The maximum atomic E-state index is 13.1. The number of rotatable bonds is 3. The summed E-state index contributed by atoms with van der Waals surface area (Å²) < 4.78 is 28.5. The van der Waals surface area contributed by atoms with Crippen LogP contribution in [0.1, 0.15) is 15.9 Å². The summed E-state index contributed by atoms with van der Waals surface area (Å²) in [4.78, 5) is 13.5. The Morgan fingerprint density at radius 1 is 1.07 bits per heavy atom. The molecule has 1 amide bonds.